The molecule has 2 aliphatic rings. The molecule has 0 radical (unpaired) electrons. The molecule has 0 aromatic heterocycles. The van der Waals surface area contributed by atoms with Crippen LogP contribution in [-0.4, -0.2) is 10.1 Å². The molecule has 0 bridgehead atoms. The van der Waals surface area contributed by atoms with Gasteiger partial charge in [0.15, 0.2) is 0 Å². The predicted octanol–water partition coefficient (Wildman–Crippen LogP) is 8.77. The van der Waals surface area contributed by atoms with Gasteiger partial charge in [0.1, 0.15) is 10.1 Å². The van der Waals surface area contributed by atoms with Crippen molar-refractivity contribution < 1.29 is 0 Å². The molecule has 5 aromatic rings. The SMILES string of the molecule is CC1(C)c2ccccc2C2(c3ccccc3-c3ccccc32)c2ccc(C(=N)SC(=N)c3ccccc3)cc21. The van der Waals surface area contributed by atoms with Crippen LogP contribution in [0.5, 0.6) is 0 Å². The highest BCUT2D eigenvalue weighted by Crippen LogP contribution is 2.62. The normalized spacial score (nSPS) is 15.1. The molecule has 0 aliphatic heterocycles. The maximum atomic E-state index is 8.96. The molecule has 3 heteroatoms. The second kappa shape index (κ2) is 8.65. The summed E-state index contributed by atoms with van der Waals surface area (Å²) in [5, 5.41) is 18.3. The van der Waals surface area contributed by atoms with Crippen LogP contribution in [0.4, 0.5) is 0 Å². The zero-order chi connectivity index (χ0) is 26.8. The van der Waals surface area contributed by atoms with Crippen molar-refractivity contribution in [2.45, 2.75) is 24.7 Å². The van der Waals surface area contributed by atoms with Gasteiger partial charge in [-0.1, -0.05) is 141 Å². The summed E-state index contributed by atoms with van der Waals surface area (Å²) in [6.45, 7) is 4.60. The minimum Gasteiger partial charge on any atom is -0.293 e. The van der Waals surface area contributed by atoms with Gasteiger partial charge in [-0.3, -0.25) is 10.8 Å². The summed E-state index contributed by atoms with van der Waals surface area (Å²) in [7, 11) is 0. The summed E-state index contributed by atoms with van der Waals surface area (Å²) in [4.78, 5) is 0. The summed E-state index contributed by atoms with van der Waals surface area (Å²) in [6, 6.07) is 42.8. The lowest BCUT2D eigenvalue weighted by atomic mass is 9.55. The third-order valence-corrected chi connectivity index (χ3v) is 9.44. The van der Waals surface area contributed by atoms with E-state index in [-0.39, 0.29) is 5.41 Å². The molecule has 0 unspecified atom stereocenters. The van der Waals surface area contributed by atoms with Gasteiger partial charge in [0.25, 0.3) is 0 Å². The van der Waals surface area contributed by atoms with Crippen molar-refractivity contribution in [2.75, 3.05) is 0 Å². The molecule has 0 amide bonds. The lowest BCUT2D eigenvalue weighted by Gasteiger charge is -2.46. The summed E-state index contributed by atoms with van der Waals surface area (Å²) in [5.41, 5.74) is 11.4. The largest absolute Gasteiger partial charge is 0.293 e. The summed E-state index contributed by atoms with van der Waals surface area (Å²) >= 11 is 1.21. The molecule has 0 heterocycles. The van der Waals surface area contributed by atoms with E-state index in [1.807, 2.05) is 30.3 Å². The number of thioether (sulfide) groups is 1. The molecule has 7 rings (SSSR count). The Kier molecular flexibility index (Phi) is 5.30. The fourth-order valence-corrected chi connectivity index (χ4v) is 7.50. The first-order valence-electron chi connectivity index (χ1n) is 13.3. The van der Waals surface area contributed by atoms with Gasteiger partial charge in [-0.05, 0) is 50.6 Å². The molecular weight excluding hydrogens is 492 g/mol. The molecule has 39 heavy (non-hydrogen) atoms. The molecule has 0 atom stereocenters. The van der Waals surface area contributed by atoms with E-state index in [1.54, 1.807) is 0 Å². The number of benzene rings is 5. The standard InChI is InChI=1S/C36H28N2S/c1-35(2)29-18-10-11-19-30(29)36(27-16-8-6-14-25(27)26-15-7-9-17-28(26)36)31-21-20-24(22-32(31)35)34(38)39-33(37)23-12-4-3-5-13-23/h3-22,37-38H,1-2H3. The van der Waals surface area contributed by atoms with Crippen LogP contribution in [0, 0.1) is 10.8 Å². The van der Waals surface area contributed by atoms with Crippen molar-refractivity contribution >= 4 is 21.8 Å². The van der Waals surface area contributed by atoms with Gasteiger partial charge in [0.2, 0.25) is 0 Å². The van der Waals surface area contributed by atoms with E-state index in [1.165, 1.54) is 56.3 Å². The third kappa shape index (κ3) is 3.30. The molecule has 0 saturated carbocycles. The van der Waals surface area contributed by atoms with E-state index in [2.05, 4.69) is 105 Å². The average molecular weight is 521 g/mol. The third-order valence-electron chi connectivity index (χ3n) is 8.56. The molecule has 2 nitrogen and oxygen atoms in total. The fraction of sp³-hybridized carbons (Fsp3) is 0.111. The second-order valence-corrected chi connectivity index (χ2v) is 11.9. The summed E-state index contributed by atoms with van der Waals surface area (Å²) in [5.74, 6) is 0. The molecule has 2 N–H and O–H groups in total. The van der Waals surface area contributed by atoms with Gasteiger partial charge >= 0.3 is 0 Å². The molecule has 188 valence electrons. The Balaban J connectivity index is 1.46. The van der Waals surface area contributed by atoms with Gasteiger partial charge in [0.05, 0.1) is 5.41 Å². The number of nitrogens with one attached hydrogen (secondary N) is 2. The van der Waals surface area contributed by atoms with Gasteiger partial charge in [0, 0.05) is 16.5 Å². The van der Waals surface area contributed by atoms with Crippen molar-refractivity contribution in [1.29, 1.82) is 10.8 Å². The van der Waals surface area contributed by atoms with Crippen molar-refractivity contribution in [3.8, 4) is 11.1 Å². The first-order valence-corrected chi connectivity index (χ1v) is 14.1. The van der Waals surface area contributed by atoms with E-state index >= 15 is 0 Å². The predicted molar refractivity (Wildman–Crippen MR) is 164 cm³/mol. The van der Waals surface area contributed by atoms with Crippen molar-refractivity contribution in [3.05, 3.63) is 166 Å². The molecule has 5 aromatic carbocycles. The molecule has 0 fully saturated rings. The number of hydrogen-bond acceptors (Lipinski definition) is 3. The van der Waals surface area contributed by atoms with Crippen LogP contribution in [0.3, 0.4) is 0 Å². The Bertz CT molecular complexity index is 1750. The second-order valence-electron chi connectivity index (χ2n) is 10.9. The Morgan fingerprint density at radius 2 is 0.974 bits per heavy atom. The summed E-state index contributed by atoms with van der Waals surface area (Å²) in [6.07, 6.45) is 0. The first kappa shape index (κ1) is 23.9. The fourth-order valence-electron chi connectivity index (χ4n) is 6.80. The lowest BCUT2D eigenvalue weighted by molar-refractivity contribution is 0.563. The number of hydrogen-bond donors (Lipinski definition) is 2. The van der Waals surface area contributed by atoms with Crippen LogP contribution in [0.2, 0.25) is 0 Å². The zero-order valence-electron chi connectivity index (χ0n) is 22.0. The Morgan fingerprint density at radius 3 is 1.62 bits per heavy atom. The highest BCUT2D eigenvalue weighted by atomic mass is 32.2. The van der Waals surface area contributed by atoms with E-state index in [0.29, 0.717) is 10.1 Å². The van der Waals surface area contributed by atoms with Crippen LogP contribution < -0.4 is 0 Å². The smallest absolute Gasteiger partial charge is 0.100 e. The quantitative estimate of drug-likeness (QED) is 0.174. The maximum absolute atomic E-state index is 8.96. The molecule has 0 saturated heterocycles. The molecule has 1 spiro atoms. The van der Waals surface area contributed by atoms with Crippen LogP contribution in [0.25, 0.3) is 11.1 Å². The van der Waals surface area contributed by atoms with Crippen LogP contribution in [0.1, 0.15) is 58.4 Å². The van der Waals surface area contributed by atoms with E-state index < -0.39 is 5.41 Å². The van der Waals surface area contributed by atoms with E-state index in [4.69, 9.17) is 10.8 Å². The van der Waals surface area contributed by atoms with Crippen LogP contribution >= 0.6 is 11.8 Å². The maximum Gasteiger partial charge on any atom is 0.100 e. The Labute approximate surface area is 233 Å². The van der Waals surface area contributed by atoms with Gasteiger partial charge in [-0.25, -0.2) is 0 Å². The number of fused-ring (bicyclic) bond motifs is 9. The first-order chi connectivity index (χ1) is 18.9. The minimum atomic E-state index is -0.417. The lowest BCUT2D eigenvalue weighted by Crippen LogP contribution is -2.40. The van der Waals surface area contributed by atoms with Crippen molar-refractivity contribution in [3.63, 3.8) is 0 Å². The van der Waals surface area contributed by atoms with Crippen molar-refractivity contribution in [1.82, 2.24) is 0 Å². The van der Waals surface area contributed by atoms with Gasteiger partial charge < -0.3 is 0 Å². The highest BCUT2D eigenvalue weighted by Gasteiger charge is 2.53. The highest BCUT2D eigenvalue weighted by molar-refractivity contribution is 8.27. The minimum absolute atomic E-state index is 0.252. The topological polar surface area (TPSA) is 47.7 Å². The van der Waals surface area contributed by atoms with Crippen LogP contribution in [0.15, 0.2) is 121 Å². The summed E-state index contributed by atoms with van der Waals surface area (Å²) < 4.78 is 0. The van der Waals surface area contributed by atoms with Crippen molar-refractivity contribution in [2.24, 2.45) is 0 Å². The monoisotopic (exact) mass is 520 g/mol. The van der Waals surface area contributed by atoms with Gasteiger partial charge in [-0.2, -0.15) is 0 Å². The number of rotatable bonds is 2. The van der Waals surface area contributed by atoms with Crippen LogP contribution in [-0.2, 0) is 10.8 Å². The van der Waals surface area contributed by atoms with E-state index in [9.17, 15) is 0 Å². The Hall–Kier alpha value is -4.21. The molecule has 2 aliphatic carbocycles. The van der Waals surface area contributed by atoms with Gasteiger partial charge in [-0.15, -0.1) is 0 Å². The van der Waals surface area contributed by atoms with E-state index in [0.717, 1.165) is 11.1 Å². The average Bonchev–Trinajstić information content (AvgIpc) is 3.27. The Morgan fingerprint density at radius 1 is 0.487 bits per heavy atom. The zero-order valence-corrected chi connectivity index (χ0v) is 22.8. The molecular formula is C36H28N2S.